The Hall–Kier alpha value is -2.64. The van der Waals surface area contributed by atoms with E-state index in [1.807, 2.05) is 12.1 Å². The van der Waals surface area contributed by atoms with Crippen molar-refractivity contribution in [2.24, 2.45) is 17.8 Å². The van der Waals surface area contributed by atoms with Gasteiger partial charge in [-0.1, -0.05) is 17.7 Å². The molecule has 0 amide bonds. The highest BCUT2D eigenvalue weighted by molar-refractivity contribution is 6.31. The molecule has 2 aliphatic rings. The second-order valence-corrected chi connectivity index (χ2v) is 9.69. The molecular formula is C25H28ClFN4O2. The van der Waals surface area contributed by atoms with Gasteiger partial charge in [-0.25, -0.2) is 14.4 Å². The molecule has 3 aromatic rings. The first kappa shape index (κ1) is 22.2. The largest absolute Gasteiger partial charge is 0.493 e. The predicted molar refractivity (Wildman–Crippen MR) is 128 cm³/mol. The lowest BCUT2D eigenvalue weighted by molar-refractivity contribution is 0.227. The van der Waals surface area contributed by atoms with Gasteiger partial charge < -0.3 is 19.7 Å². The average Bonchev–Trinajstić information content (AvgIpc) is 3.34. The summed E-state index contributed by atoms with van der Waals surface area (Å²) in [6, 6.07) is 7.11. The van der Waals surface area contributed by atoms with Gasteiger partial charge in [0.2, 0.25) is 0 Å². The van der Waals surface area contributed by atoms with E-state index in [4.69, 9.17) is 21.1 Å². The molecule has 1 saturated heterocycles. The van der Waals surface area contributed by atoms with Gasteiger partial charge in [0.05, 0.1) is 29.9 Å². The Balaban J connectivity index is 1.37. The standard InChI is InChI=1S/C25H28ClFN4O2/c1-14-4-5-19(24(27)23(14)26)30-25-18-8-21(32-3)22(9-20(18)28-13-29-25)33-12-15-6-16-10-31(2)11-17(16)7-15/h4-5,8-9,13,15-17H,6-7,10-12H2,1-3H3,(H,28,29,30)/t15-,16+,17-. The van der Waals surface area contributed by atoms with Crippen LogP contribution in [0.2, 0.25) is 5.02 Å². The van der Waals surface area contributed by atoms with E-state index in [-0.39, 0.29) is 10.7 Å². The number of anilines is 2. The number of rotatable bonds is 6. The number of nitrogens with one attached hydrogen (secondary N) is 1. The van der Waals surface area contributed by atoms with E-state index >= 15 is 0 Å². The van der Waals surface area contributed by atoms with Gasteiger partial charge in [0.25, 0.3) is 0 Å². The highest BCUT2D eigenvalue weighted by atomic mass is 35.5. The molecule has 0 bridgehead atoms. The number of nitrogens with zero attached hydrogens (tertiary/aromatic N) is 3. The SMILES string of the molecule is COc1cc2c(Nc3ccc(C)c(Cl)c3F)ncnc2cc1OC[C@H]1C[C@@H]2CN(C)C[C@@H]2C1. The van der Waals surface area contributed by atoms with Crippen LogP contribution in [0.15, 0.2) is 30.6 Å². The lowest BCUT2D eigenvalue weighted by Crippen LogP contribution is -2.18. The van der Waals surface area contributed by atoms with Crippen LogP contribution < -0.4 is 14.8 Å². The van der Waals surface area contributed by atoms with Crippen LogP contribution in [0.1, 0.15) is 18.4 Å². The van der Waals surface area contributed by atoms with Crippen molar-refractivity contribution in [1.82, 2.24) is 14.9 Å². The third-order valence-corrected chi connectivity index (χ3v) is 7.42. The third-order valence-electron chi connectivity index (χ3n) is 6.95. The van der Waals surface area contributed by atoms with E-state index in [1.165, 1.54) is 32.3 Å². The minimum absolute atomic E-state index is 0.0920. The number of ether oxygens (including phenoxy) is 2. The molecule has 6 nitrogen and oxygen atoms in total. The van der Waals surface area contributed by atoms with Crippen molar-refractivity contribution in [3.05, 3.63) is 47.0 Å². The van der Waals surface area contributed by atoms with Crippen LogP contribution in [0, 0.1) is 30.5 Å². The molecule has 3 atom stereocenters. The van der Waals surface area contributed by atoms with Crippen molar-refractivity contribution in [3.8, 4) is 11.5 Å². The molecule has 33 heavy (non-hydrogen) atoms. The van der Waals surface area contributed by atoms with Crippen LogP contribution in [0.25, 0.3) is 10.9 Å². The topological polar surface area (TPSA) is 59.5 Å². The van der Waals surface area contributed by atoms with E-state index < -0.39 is 5.82 Å². The molecule has 1 aliphatic heterocycles. The number of fused-ring (bicyclic) bond motifs is 2. The number of benzene rings is 2. The second kappa shape index (κ2) is 8.95. The first-order valence-electron chi connectivity index (χ1n) is 11.3. The highest BCUT2D eigenvalue weighted by Gasteiger charge is 2.39. The Bertz CT molecular complexity index is 1180. The monoisotopic (exact) mass is 470 g/mol. The smallest absolute Gasteiger partial charge is 0.165 e. The Kier molecular flexibility index (Phi) is 6.01. The summed E-state index contributed by atoms with van der Waals surface area (Å²) < 4.78 is 26.5. The lowest BCUT2D eigenvalue weighted by Gasteiger charge is -2.17. The van der Waals surface area contributed by atoms with Gasteiger partial charge in [0.1, 0.15) is 12.1 Å². The van der Waals surface area contributed by atoms with Crippen LogP contribution in [0.4, 0.5) is 15.9 Å². The van der Waals surface area contributed by atoms with E-state index in [0.29, 0.717) is 46.3 Å². The van der Waals surface area contributed by atoms with Crippen molar-refractivity contribution in [3.63, 3.8) is 0 Å². The molecule has 5 rings (SSSR count). The number of likely N-dealkylation sites (tertiary alicyclic amines) is 1. The van der Waals surface area contributed by atoms with Gasteiger partial charge in [0, 0.05) is 24.5 Å². The number of hydrogen-bond acceptors (Lipinski definition) is 6. The predicted octanol–water partition coefficient (Wildman–Crippen LogP) is 5.45. The van der Waals surface area contributed by atoms with Crippen LogP contribution >= 0.6 is 11.6 Å². The molecule has 2 aromatic carbocycles. The van der Waals surface area contributed by atoms with Gasteiger partial charge in [-0.3, -0.25) is 0 Å². The molecule has 1 aliphatic carbocycles. The van der Waals surface area contributed by atoms with Crippen molar-refractivity contribution < 1.29 is 13.9 Å². The zero-order valence-electron chi connectivity index (χ0n) is 19.1. The molecule has 0 unspecified atom stereocenters. The Morgan fingerprint density at radius 2 is 1.91 bits per heavy atom. The molecule has 0 radical (unpaired) electrons. The maximum absolute atomic E-state index is 14.6. The molecule has 0 spiro atoms. The quantitative estimate of drug-likeness (QED) is 0.517. The first-order chi connectivity index (χ1) is 15.9. The summed E-state index contributed by atoms with van der Waals surface area (Å²) in [5.74, 6) is 3.36. The number of aryl methyl sites for hydroxylation is 1. The summed E-state index contributed by atoms with van der Waals surface area (Å²) in [7, 11) is 3.82. The van der Waals surface area contributed by atoms with Gasteiger partial charge in [-0.15, -0.1) is 0 Å². The van der Waals surface area contributed by atoms with E-state index in [1.54, 1.807) is 26.2 Å². The van der Waals surface area contributed by atoms with Gasteiger partial charge in [0.15, 0.2) is 17.3 Å². The molecule has 8 heteroatoms. The number of aromatic nitrogens is 2. The third kappa shape index (κ3) is 4.32. The number of hydrogen-bond donors (Lipinski definition) is 1. The minimum atomic E-state index is -0.511. The number of methoxy groups -OCH3 is 1. The van der Waals surface area contributed by atoms with Crippen LogP contribution in [-0.2, 0) is 0 Å². The van der Waals surface area contributed by atoms with Gasteiger partial charge in [-0.05, 0) is 62.3 Å². The number of halogens is 2. The molecular weight excluding hydrogens is 443 g/mol. The average molecular weight is 471 g/mol. The molecule has 1 saturated carbocycles. The first-order valence-corrected chi connectivity index (χ1v) is 11.7. The van der Waals surface area contributed by atoms with Crippen molar-refractivity contribution in [2.75, 3.05) is 39.2 Å². The Morgan fingerprint density at radius 3 is 2.64 bits per heavy atom. The van der Waals surface area contributed by atoms with Crippen LogP contribution in [-0.4, -0.2) is 48.7 Å². The highest BCUT2D eigenvalue weighted by Crippen LogP contribution is 2.42. The molecule has 1 N–H and O–H groups in total. The summed E-state index contributed by atoms with van der Waals surface area (Å²) in [5.41, 5.74) is 1.61. The maximum atomic E-state index is 14.6. The second-order valence-electron chi connectivity index (χ2n) is 9.32. The summed E-state index contributed by atoms with van der Waals surface area (Å²) in [6.45, 7) is 4.82. The van der Waals surface area contributed by atoms with E-state index in [0.717, 1.165) is 11.8 Å². The molecule has 2 fully saturated rings. The van der Waals surface area contributed by atoms with Crippen LogP contribution in [0.5, 0.6) is 11.5 Å². The van der Waals surface area contributed by atoms with Gasteiger partial charge >= 0.3 is 0 Å². The molecule has 2 heterocycles. The van der Waals surface area contributed by atoms with E-state index in [2.05, 4.69) is 27.2 Å². The summed E-state index contributed by atoms with van der Waals surface area (Å²) in [6.07, 6.45) is 3.88. The zero-order valence-corrected chi connectivity index (χ0v) is 19.8. The molecule has 174 valence electrons. The maximum Gasteiger partial charge on any atom is 0.165 e. The lowest BCUT2D eigenvalue weighted by atomic mass is 10.0. The Labute approximate surface area is 198 Å². The van der Waals surface area contributed by atoms with Crippen LogP contribution in [0.3, 0.4) is 0 Å². The van der Waals surface area contributed by atoms with Crippen molar-refractivity contribution in [1.29, 1.82) is 0 Å². The molecule has 1 aromatic heterocycles. The summed E-state index contributed by atoms with van der Waals surface area (Å²) >= 11 is 6.08. The minimum Gasteiger partial charge on any atom is -0.493 e. The normalized spacial score (nSPS) is 22.5. The summed E-state index contributed by atoms with van der Waals surface area (Å²) in [5, 5.41) is 3.84. The fourth-order valence-electron chi connectivity index (χ4n) is 5.31. The fraction of sp³-hybridized carbons (Fsp3) is 0.440. The van der Waals surface area contributed by atoms with E-state index in [9.17, 15) is 4.39 Å². The Morgan fingerprint density at radius 1 is 1.15 bits per heavy atom. The zero-order chi connectivity index (χ0) is 23.1. The van der Waals surface area contributed by atoms with Crippen molar-refractivity contribution in [2.45, 2.75) is 19.8 Å². The fourth-order valence-corrected chi connectivity index (χ4v) is 5.47. The van der Waals surface area contributed by atoms with Gasteiger partial charge in [-0.2, -0.15) is 0 Å². The summed E-state index contributed by atoms with van der Waals surface area (Å²) in [4.78, 5) is 11.1. The van der Waals surface area contributed by atoms with Crippen molar-refractivity contribution >= 4 is 34.0 Å².